The van der Waals surface area contributed by atoms with Crippen molar-refractivity contribution in [3.05, 3.63) is 65.7 Å². The summed E-state index contributed by atoms with van der Waals surface area (Å²) in [6.07, 6.45) is -0.406. The first kappa shape index (κ1) is 16.0. The lowest BCUT2D eigenvalue weighted by atomic mass is 10.1. The monoisotopic (exact) mass is 311 g/mol. The van der Waals surface area contributed by atoms with Crippen molar-refractivity contribution in [2.45, 2.75) is 12.6 Å². The number of piperazine rings is 1. The Bertz CT molecular complexity index is 609. The van der Waals surface area contributed by atoms with Gasteiger partial charge < -0.3 is 10.8 Å². The third-order valence-electron chi connectivity index (χ3n) is 4.44. The van der Waals surface area contributed by atoms with Crippen LogP contribution in [0.2, 0.25) is 0 Å². The molecular formula is C19H25N3O. The van der Waals surface area contributed by atoms with Gasteiger partial charge in [0.15, 0.2) is 0 Å². The van der Waals surface area contributed by atoms with Crippen molar-refractivity contribution in [1.82, 2.24) is 9.80 Å². The summed E-state index contributed by atoms with van der Waals surface area (Å²) in [5.74, 6) is 0. The Morgan fingerprint density at radius 2 is 1.61 bits per heavy atom. The van der Waals surface area contributed by atoms with Crippen LogP contribution in [0.25, 0.3) is 0 Å². The third-order valence-corrected chi connectivity index (χ3v) is 4.44. The van der Waals surface area contributed by atoms with Crippen LogP contribution in [-0.4, -0.2) is 47.6 Å². The molecule has 4 nitrogen and oxygen atoms in total. The topological polar surface area (TPSA) is 52.7 Å². The van der Waals surface area contributed by atoms with E-state index in [0.717, 1.165) is 44.0 Å². The second-order valence-electron chi connectivity index (χ2n) is 6.25. The van der Waals surface area contributed by atoms with Gasteiger partial charge >= 0.3 is 0 Å². The van der Waals surface area contributed by atoms with Crippen LogP contribution in [0.1, 0.15) is 17.2 Å². The Hall–Kier alpha value is -1.88. The van der Waals surface area contributed by atoms with E-state index >= 15 is 0 Å². The summed E-state index contributed by atoms with van der Waals surface area (Å²) >= 11 is 0. The number of benzene rings is 2. The maximum atomic E-state index is 10.3. The summed E-state index contributed by atoms with van der Waals surface area (Å²) in [6.45, 7) is 5.68. The van der Waals surface area contributed by atoms with E-state index in [-0.39, 0.29) is 0 Å². The minimum atomic E-state index is -0.406. The molecule has 23 heavy (non-hydrogen) atoms. The van der Waals surface area contributed by atoms with Crippen LogP contribution in [0, 0.1) is 0 Å². The highest BCUT2D eigenvalue weighted by molar-refractivity contribution is 5.40. The zero-order chi connectivity index (χ0) is 16.1. The van der Waals surface area contributed by atoms with Gasteiger partial charge in [-0.1, -0.05) is 42.5 Å². The van der Waals surface area contributed by atoms with Crippen molar-refractivity contribution >= 4 is 5.69 Å². The van der Waals surface area contributed by atoms with Gasteiger partial charge in [0.05, 0.1) is 6.10 Å². The predicted molar refractivity (Wildman–Crippen MR) is 94.0 cm³/mol. The normalized spacial score (nSPS) is 18.0. The van der Waals surface area contributed by atoms with Gasteiger partial charge in [-0.05, 0) is 23.3 Å². The molecule has 1 aliphatic rings. The van der Waals surface area contributed by atoms with E-state index < -0.39 is 6.10 Å². The molecular weight excluding hydrogens is 286 g/mol. The molecule has 2 aromatic rings. The number of hydrogen-bond acceptors (Lipinski definition) is 4. The summed E-state index contributed by atoms with van der Waals surface area (Å²) in [5, 5.41) is 10.3. The molecule has 0 saturated carbocycles. The smallest absolute Gasteiger partial charge is 0.0916 e. The Kier molecular flexibility index (Phi) is 5.28. The number of aliphatic hydroxyl groups is 1. The van der Waals surface area contributed by atoms with Crippen molar-refractivity contribution in [3.63, 3.8) is 0 Å². The Morgan fingerprint density at radius 3 is 2.30 bits per heavy atom. The van der Waals surface area contributed by atoms with Gasteiger partial charge in [0.1, 0.15) is 0 Å². The van der Waals surface area contributed by atoms with E-state index in [4.69, 9.17) is 5.73 Å². The second-order valence-corrected chi connectivity index (χ2v) is 6.25. The number of rotatable bonds is 5. The summed E-state index contributed by atoms with van der Waals surface area (Å²) in [5.41, 5.74) is 8.93. The third kappa shape index (κ3) is 4.55. The number of aliphatic hydroxyl groups excluding tert-OH is 1. The van der Waals surface area contributed by atoms with Crippen molar-refractivity contribution in [2.24, 2.45) is 0 Å². The number of β-amino-alcohol motifs (C(OH)–C–C–N with tert-alkyl or cyclic N) is 1. The molecule has 1 saturated heterocycles. The second kappa shape index (κ2) is 7.59. The van der Waals surface area contributed by atoms with Gasteiger partial charge in [0, 0.05) is 45.0 Å². The van der Waals surface area contributed by atoms with E-state index in [1.165, 1.54) is 5.56 Å². The van der Waals surface area contributed by atoms with E-state index in [1.807, 2.05) is 48.5 Å². The molecule has 1 aliphatic heterocycles. The van der Waals surface area contributed by atoms with Crippen molar-refractivity contribution in [3.8, 4) is 0 Å². The molecule has 1 atom stereocenters. The van der Waals surface area contributed by atoms with Crippen LogP contribution in [0.15, 0.2) is 54.6 Å². The highest BCUT2D eigenvalue weighted by Crippen LogP contribution is 2.16. The zero-order valence-corrected chi connectivity index (χ0v) is 13.4. The van der Waals surface area contributed by atoms with Crippen LogP contribution < -0.4 is 5.73 Å². The van der Waals surface area contributed by atoms with Gasteiger partial charge in [0.2, 0.25) is 0 Å². The summed E-state index contributed by atoms with van der Waals surface area (Å²) < 4.78 is 0. The molecule has 1 unspecified atom stereocenters. The summed E-state index contributed by atoms with van der Waals surface area (Å²) in [6, 6.07) is 18.0. The number of nitrogens with two attached hydrogens (primary N) is 1. The molecule has 0 aliphatic carbocycles. The molecule has 2 aromatic carbocycles. The largest absolute Gasteiger partial charge is 0.399 e. The van der Waals surface area contributed by atoms with E-state index in [2.05, 4.69) is 15.9 Å². The molecule has 1 fully saturated rings. The quantitative estimate of drug-likeness (QED) is 0.831. The van der Waals surface area contributed by atoms with E-state index in [1.54, 1.807) is 0 Å². The molecule has 122 valence electrons. The SMILES string of the molecule is Nc1cccc(CN2CCN(CC(O)c3ccccc3)CC2)c1. The Labute approximate surface area is 138 Å². The molecule has 1 heterocycles. The fourth-order valence-corrected chi connectivity index (χ4v) is 3.10. The summed E-state index contributed by atoms with van der Waals surface area (Å²) in [7, 11) is 0. The van der Waals surface area contributed by atoms with Crippen LogP contribution in [0.3, 0.4) is 0 Å². The molecule has 0 radical (unpaired) electrons. The standard InChI is InChI=1S/C19H25N3O/c20-18-8-4-5-16(13-18)14-21-9-11-22(12-10-21)15-19(23)17-6-2-1-3-7-17/h1-8,13,19,23H,9-12,14-15,20H2. The number of nitrogen functional groups attached to an aromatic ring is 1. The molecule has 4 heteroatoms. The van der Waals surface area contributed by atoms with Gasteiger partial charge in [-0.3, -0.25) is 9.80 Å². The molecule has 0 spiro atoms. The van der Waals surface area contributed by atoms with Gasteiger partial charge in [-0.25, -0.2) is 0 Å². The molecule has 0 amide bonds. The fraction of sp³-hybridized carbons (Fsp3) is 0.368. The van der Waals surface area contributed by atoms with Crippen LogP contribution in [0.4, 0.5) is 5.69 Å². The predicted octanol–water partition coefficient (Wildman–Crippen LogP) is 2.12. The average Bonchev–Trinajstić information content (AvgIpc) is 2.57. The number of anilines is 1. The molecule has 3 rings (SSSR count). The Balaban J connectivity index is 1.47. The van der Waals surface area contributed by atoms with Gasteiger partial charge in [0.25, 0.3) is 0 Å². The minimum Gasteiger partial charge on any atom is -0.399 e. The summed E-state index contributed by atoms with van der Waals surface area (Å²) in [4.78, 5) is 4.79. The first-order valence-corrected chi connectivity index (χ1v) is 8.23. The lowest BCUT2D eigenvalue weighted by Gasteiger charge is -2.35. The van der Waals surface area contributed by atoms with Gasteiger partial charge in [-0.15, -0.1) is 0 Å². The lowest BCUT2D eigenvalue weighted by molar-refractivity contribution is 0.0701. The maximum absolute atomic E-state index is 10.3. The number of hydrogen-bond donors (Lipinski definition) is 2. The van der Waals surface area contributed by atoms with Crippen molar-refractivity contribution in [2.75, 3.05) is 38.5 Å². The average molecular weight is 311 g/mol. The lowest BCUT2D eigenvalue weighted by Crippen LogP contribution is -2.47. The zero-order valence-electron chi connectivity index (χ0n) is 13.4. The number of nitrogens with zero attached hydrogens (tertiary/aromatic N) is 2. The molecule has 3 N–H and O–H groups in total. The fourth-order valence-electron chi connectivity index (χ4n) is 3.10. The highest BCUT2D eigenvalue weighted by Gasteiger charge is 2.19. The molecule has 0 bridgehead atoms. The van der Waals surface area contributed by atoms with Crippen LogP contribution in [-0.2, 0) is 6.54 Å². The van der Waals surface area contributed by atoms with Crippen LogP contribution in [0.5, 0.6) is 0 Å². The Morgan fingerprint density at radius 1 is 0.913 bits per heavy atom. The van der Waals surface area contributed by atoms with E-state index in [9.17, 15) is 5.11 Å². The minimum absolute atomic E-state index is 0.406. The maximum Gasteiger partial charge on any atom is 0.0916 e. The molecule has 0 aromatic heterocycles. The first-order valence-electron chi connectivity index (χ1n) is 8.23. The van der Waals surface area contributed by atoms with Gasteiger partial charge in [-0.2, -0.15) is 0 Å². The van der Waals surface area contributed by atoms with Crippen molar-refractivity contribution in [1.29, 1.82) is 0 Å². The highest BCUT2D eigenvalue weighted by atomic mass is 16.3. The first-order chi connectivity index (χ1) is 11.2. The van der Waals surface area contributed by atoms with E-state index in [0.29, 0.717) is 6.54 Å². The van der Waals surface area contributed by atoms with Crippen molar-refractivity contribution < 1.29 is 5.11 Å². The van der Waals surface area contributed by atoms with Crippen LogP contribution >= 0.6 is 0 Å².